The van der Waals surface area contributed by atoms with Crippen LogP contribution in [0.4, 0.5) is 5.69 Å². The Morgan fingerprint density at radius 1 is 1.15 bits per heavy atom. The maximum atomic E-state index is 13.0. The van der Waals surface area contributed by atoms with Gasteiger partial charge in [-0.25, -0.2) is 4.79 Å². The minimum atomic E-state index is -1.40. The number of carbonyl (C=O) groups is 2. The van der Waals surface area contributed by atoms with E-state index in [0.717, 1.165) is 6.07 Å². The van der Waals surface area contributed by atoms with Crippen LogP contribution in [0.5, 0.6) is 0 Å². The Kier molecular flexibility index (Phi) is 4.51. The van der Waals surface area contributed by atoms with Crippen LogP contribution in [0.2, 0.25) is 5.02 Å². The standard InChI is InChI=1S/C17H10ClN3O5/c18-10-6-7-11(12(8-10)21(25)26)16(22)13-14(9-4-2-1-3-5-9)19-20-15(13)17(23)24/h1-8H,(H,19,20)(H,23,24). The zero-order chi connectivity index (χ0) is 18.8. The number of H-pyrrole nitrogens is 1. The smallest absolute Gasteiger partial charge is 0.354 e. The molecule has 1 heterocycles. The van der Waals surface area contributed by atoms with Crippen LogP contribution in [0, 0.1) is 10.1 Å². The lowest BCUT2D eigenvalue weighted by Gasteiger charge is -2.05. The van der Waals surface area contributed by atoms with Gasteiger partial charge in [0.2, 0.25) is 5.78 Å². The van der Waals surface area contributed by atoms with E-state index in [2.05, 4.69) is 10.2 Å². The van der Waals surface area contributed by atoms with E-state index in [1.807, 2.05) is 0 Å². The van der Waals surface area contributed by atoms with Crippen molar-refractivity contribution < 1.29 is 19.6 Å². The molecule has 0 radical (unpaired) electrons. The highest BCUT2D eigenvalue weighted by Crippen LogP contribution is 2.30. The summed E-state index contributed by atoms with van der Waals surface area (Å²) in [5.41, 5.74) is -0.903. The lowest BCUT2D eigenvalue weighted by atomic mass is 9.96. The first-order valence-electron chi connectivity index (χ1n) is 7.26. The van der Waals surface area contributed by atoms with Gasteiger partial charge in [-0.2, -0.15) is 5.10 Å². The molecule has 0 aliphatic rings. The third-order valence-electron chi connectivity index (χ3n) is 3.66. The summed E-state index contributed by atoms with van der Waals surface area (Å²) in [6.45, 7) is 0. The summed E-state index contributed by atoms with van der Waals surface area (Å²) in [6, 6.07) is 12.0. The van der Waals surface area contributed by atoms with Crippen molar-refractivity contribution >= 4 is 29.0 Å². The molecule has 9 heteroatoms. The second kappa shape index (κ2) is 6.77. The Hall–Kier alpha value is -3.52. The van der Waals surface area contributed by atoms with E-state index in [9.17, 15) is 24.8 Å². The number of ketones is 1. The quantitative estimate of drug-likeness (QED) is 0.401. The molecule has 0 unspecified atom stereocenters. The van der Waals surface area contributed by atoms with Gasteiger partial charge in [0.25, 0.3) is 5.69 Å². The van der Waals surface area contributed by atoms with Crippen molar-refractivity contribution in [2.24, 2.45) is 0 Å². The van der Waals surface area contributed by atoms with Crippen LogP contribution >= 0.6 is 11.6 Å². The van der Waals surface area contributed by atoms with Crippen LogP contribution < -0.4 is 0 Å². The van der Waals surface area contributed by atoms with Crippen LogP contribution in [0.1, 0.15) is 26.4 Å². The molecule has 1 aromatic heterocycles. The Bertz CT molecular complexity index is 1030. The summed E-state index contributed by atoms with van der Waals surface area (Å²) in [6.07, 6.45) is 0. The molecule has 2 N–H and O–H groups in total. The minimum absolute atomic E-state index is 0.0854. The van der Waals surface area contributed by atoms with Gasteiger partial charge in [-0.05, 0) is 12.1 Å². The first-order valence-corrected chi connectivity index (χ1v) is 7.63. The number of carboxylic acids is 1. The maximum Gasteiger partial charge on any atom is 0.354 e. The molecule has 0 fully saturated rings. The molecular formula is C17H10ClN3O5. The molecule has 0 amide bonds. The van der Waals surface area contributed by atoms with Crippen LogP contribution in [0.15, 0.2) is 48.5 Å². The monoisotopic (exact) mass is 371 g/mol. The number of hydrogen-bond donors (Lipinski definition) is 2. The number of carbonyl (C=O) groups excluding carboxylic acids is 1. The highest BCUT2D eigenvalue weighted by atomic mass is 35.5. The van der Waals surface area contributed by atoms with Gasteiger partial charge >= 0.3 is 5.97 Å². The van der Waals surface area contributed by atoms with Crippen molar-refractivity contribution in [3.8, 4) is 11.3 Å². The molecule has 3 aromatic rings. The molecule has 0 saturated carbocycles. The van der Waals surface area contributed by atoms with Gasteiger partial charge in [0, 0.05) is 16.7 Å². The number of aromatic carboxylic acids is 1. The lowest BCUT2D eigenvalue weighted by molar-refractivity contribution is -0.385. The van der Waals surface area contributed by atoms with Gasteiger partial charge in [0.1, 0.15) is 11.3 Å². The maximum absolute atomic E-state index is 13.0. The first kappa shape index (κ1) is 17.3. The lowest BCUT2D eigenvalue weighted by Crippen LogP contribution is -2.11. The van der Waals surface area contributed by atoms with Crippen LogP contribution in [0.3, 0.4) is 0 Å². The summed E-state index contributed by atoms with van der Waals surface area (Å²) in [5, 5.41) is 27.0. The van der Waals surface area contributed by atoms with E-state index in [4.69, 9.17) is 11.6 Å². The molecule has 0 saturated heterocycles. The van der Waals surface area contributed by atoms with Crippen molar-refractivity contribution in [1.29, 1.82) is 0 Å². The molecule has 2 aromatic carbocycles. The number of nitrogens with zero attached hydrogens (tertiary/aromatic N) is 2. The number of nitro groups is 1. The fourth-order valence-electron chi connectivity index (χ4n) is 2.51. The Balaban J connectivity index is 2.24. The molecule has 130 valence electrons. The second-order valence-corrected chi connectivity index (χ2v) is 5.68. The summed E-state index contributed by atoms with van der Waals surface area (Å²) in [7, 11) is 0. The van der Waals surface area contributed by atoms with Gasteiger partial charge in [-0.15, -0.1) is 0 Å². The highest BCUT2D eigenvalue weighted by Gasteiger charge is 2.30. The average Bonchev–Trinajstić information content (AvgIpc) is 3.07. The summed E-state index contributed by atoms with van der Waals surface area (Å²) >= 11 is 5.77. The van der Waals surface area contributed by atoms with E-state index in [1.165, 1.54) is 12.1 Å². The van der Waals surface area contributed by atoms with Crippen molar-refractivity contribution in [2.45, 2.75) is 0 Å². The first-order chi connectivity index (χ1) is 12.4. The molecule has 0 aliphatic heterocycles. The zero-order valence-electron chi connectivity index (χ0n) is 13.0. The third kappa shape index (κ3) is 3.05. The fraction of sp³-hybridized carbons (Fsp3) is 0. The Labute approximate surface area is 151 Å². The molecule has 0 spiro atoms. The predicted molar refractivity (Wildman–Crippen MR) is 92.5 cm³/mol. The van der Waals surface area contributed by atoms with Crippen LogP contribution in [-0.4, -0.2) is 32.0 Å². The average molecular weight is 372 g/mol. The number of aromatic nitrogens is 2. The number of rotatable bonds is 5. The number of nitrogens with one attached hydrogen (secondary N) is 1. The number of benzene rings is 2. The predicted octanol–water partition coefficient (Wildman–Crippen LogP) is 3.57. The minimum Gasteiger partial charge on any atom is -0.477 e. The van der Waals surface area contributed by atoms with Crippen molar-refractivity contribution in [2.75, 3.05) is 0 Å². The number of aromatic amines is 1. The van der Waals surface area contributed by atoms with Gasteiger partial charge in [-0.1, -0.05) is 41.9 Å². The number of hydrogen-bond acceptors (Lipinski definition) is 5. The van der Waals surface area contributed by atoms with Gasteiger partial charge in [0.05, 0.1) is 10.5 Å². The van der Waals surface area contributed by atoms with Gasteiger partial charge in [0.15, 0.2) is 5.69 Å². The van der Waals surface area contributed by atoms with Crippen LogP contribution in [-0.2, 0) is 0 Å². The van der Waals surface area contributed by atoms with Crippen molar-refractivity contribution in [3.05, 3.63) is 80.5 Å². The molecule has 3 rings (SSSR count). The van der Waals surface area contributed by atoms with E-state index in [1.54, 1.807) is 30.3 Å². The largest absolute Gasteiger partial charge is 0.477 e. The van der Waals surface area contributed by atoms with Crippen molar-refractivity contribution in [1.82, 2.24) is 10.2 Å². The van der Waals surface area contributed by atoms with Gasteiger partial charge < -0.3 is 5.11 Å². The van der Waals surface area contributed by atoms with E-state index >= 15 is 0 Å². The molecule has 8 nitrogen and oxygen atoms in total. The normalized spacial score (nSPS) is 10.5. The molecule has 0 bridgehead atoms. The van der Waals surface area contributed by atoms with Crippen LogP contribution in [0.25, 0.3) is 11.3 Å². The Morgan fingerprint density at radius 3 is 2.46 bits per heavy atom. The topological polar surface area (TPSA) is 126 Å². The number of halogens is 1. The molecule has 0 aliphatic carbocycles. The Morgan fingerprint density at radius 2 is 1.85 bits per heavy atom. The molecule has 0 atom stereocenters. The second-order valence-electron chi connectivity index (χ2n) is 5.24. The highest BCUT2D eigenvalue weighted by molar-refractivity contribution is 6.31. The van der Waals surface area contributed by atoms with E-state index in [0.29, 0.717) is 5.56 Å². The van der Waals surface area contributed by atoms with Gasteiger partial charge in [-0.3, -0.25) is 20.0 Å². The molecule has 26 heavy (non-hydrogen) atoms. The zero-order valence-corrected chi connectivity index (χ0v) is 13.7. The van der Waals surface area contributed by atoms with E-state index in [-0.39, 0.29) is 21.8 Å². The third-order valence-corrected chi connectivity index (χ3v) is 3.89. The number of nitro benzene ring substituents is 1. The molecular weight excluding hydrogens is 362 g/mol. The number of carboxylic acid groups (broad SMARTS) is 1. The fourth-order valence-corrected chi connectivity index (χ4v) is 2.67. The van der Waals surface area contributed by atoms with E-state index < -0.39 is 28.1 Å². The van der Waals surface area contributed by atoms with Crippen molar-refractivity contribution in [3.63, 3.8) is 0 Å². The summed E-state index contributed by atoms with van der Waals surface area (Å²) in [4.78, 5) is 35.0. The summed E-state index contributed by atoms with van der Waals surface area (Å²) in [5.74, 6) is -2.24. The summed E-state index contributed by atoms with van der Waals surface area (Å²) < 4.78 is 0. The SMILES string of the molecule is O=C(O)c1[nH]nc(-c2ccccc2)c1C(=O)c1ccc(Cl)cc1[N+](=O)[O-].